The van der Waals surface area contributed by atoms with Crippen LogP contribution in [0.3, 0.4) is 0 Å². The van der Waals surface area contributed by atoms with Crippen LogP contribution in [0.25, 0.3) is 0 Å². The summed E-state index contributed by atoms with van der Waals surface area (Å²) in [6.45, 7) is 1.85. The highest BCUT2D eigenvalue weighted by molar-refractivity contribution is 6.01. The highest BCUT2D eigenvalue weighted by atomic mass is 16.6. The molecule has 0 aliphatic carbocycles. The van der Waals surface area contributed by atoms with Crippen molar-refractivity contribution in [1.29, 1.82) is 0 Å². The number of likely N-dealkylation sites (N-methyl/N-ethyl adjacent to an activating group) is 1. The number of benzene rings is 2. The van der Waals surface area contributed by atoms with Gasteiger partial charge in [-0.15, -0.1) is 0 Å². The van der Waals surface area contributed by atoms with E-state index in [-0.39, 0.29) is 12.0 Å². The summed E-state index contributed by atoms with van der Waals surface area (Å²) in [4.78, 5) is 14.3. The van der Waals surface area contributed by atoms with Crippen molar-refractivity contribution < 1.29 is 9.53 Å². The Morgan fingerprint density at radius 2 is 1.60 bits per heavy atom. The fraction of sp³-hybridized carbons (Fsp3) is 0.235. The van der Waals surface area contributed by atoms with Gasteiger partial charge in [-0.3, -0.25) is 4.79 Å². The summed E-state index contributed by atoms with van der Waals surface area (Å²) >= 11 is 0. The van der Waals surface area contributed by atoms with Crippen LogP contribution in [0.1, 0.15) is 18.6 Å². The smallest absolute Gasteiger partial charge is 0.261 e. The van der Waals surface area contributed by atoms with Gasteiger partial charge in [-0.25, -0.2) is 0 Å². The van der Waals surface area contributed by atoms with E-state index >= 15 is 0 Å². The van der Waals surface area contributed by atoms with Gasteiger partial charge in [0.25, 0.3) is 5.91 Å². The topological polar surface area (TPSA) is 32.8 Å². The van der Waals surface area contributed by atoms with E-state index in [4.69, 9.17) is 4.74 Å². The average molecular weight is 267 g/mol. The monoisotopic (exact) mass is 267 g/mol. The minimum atomic E-state index is -0.758. The normalized spacial score (nSPS) is 24.2. The Balaban J connectivity index is 1.79. The molecule has 0 N–H and O–H groups in total. The highest BCUT2D eigenvalue weighted by Gasteiger charge is 2.60. The summed E-state index contributed by atoms with van der Waals surface area (Å²) in [7, 11) is 1.78. The van der Waals surface area contributed by atoms with Crippen molar-refractivity contribution in [2.24, 2.45) is 0 Å². The van der Waals surface area contributed by atoms with Crippen LogP contribution in [0.5, 0.6) is 0 Å². The second-order valence-corrected chi connectivity index (χ2v) is 5.22. The van der Waals surface area contributed by atoms with Crippen molar-refractivity contribution in [3.05, 3.63) is 66.2 Å². The number of ether oxygens (including phenoxy) is 1. The van der Waals surface area contributed by atoms with Crippen molar-refractivity contribution >= 4 is 11.6 Å². The third-order valence-corrected chi connectivity index (χ3v) is 3.78. The van der Waals surface area contributed by atoms with Crippen molar-refractivity contribution in [3.8, 4) is 0 Å². The number of nitrogens with zero attached hydrogens (tertiary/aromatic N) is 1. The van der Waals surface area contributed by atoms with E-state index in [1.165, 1.54) is 0 Å². The molecule has 1 aliphatic rings. The van der Waals surface area contributed by atoms with E-state index < -0.39 is 5.60 Å². The summed E-state index contributed by atoms with van der Waals surface area (Å²) in [6, 6.07) is 19.5. The number of amides is 1. The number of hydrogen-bond acceptors (Lipinski definition) is 2. The van der Waals surface area contributed by atoms with Gasteiger partial charge >= 0.3 is 0 Å². The lowest BCUT2D eigenvalue weighted by Crippen LogP contribution is -2.37. The Labute approximate surface area is 118 Å². The van der Waals surface area contributed by atoms with Crippen LogP contribution in [0.2, 0.25) is 0 Å². The first kappa shape index (κ1) is 12.9. The molecule has 3 heteroatoms. The summed E-state index contributed by atoms with van der Waals surface area (Å²) < 4.78 is 5.70. The molecule has 3 nitrogen and oxygen atoms in total. The molecular formula is C17H17NO2. The molecule has 0 spiro atoms. The molecular weight excluding hydrogens is 250 g/mol. The molecule has 1 saturated heterocycles. The lowest BCUT2D eigenvalue weighted by Gasteiger charge is -2.19. The van der Waals surface area contributed by atoms with Crippen LogP contribution >= 0.6 is 0 Å². The Morgan fingerprint density at radius 3 is 2.20 bits per heavy atom. The zero-order valence-corrected chi connectivity index (χ0v) is 11.6. The molecule has 3 rings (SSSR count). The predicted octanol–water partition coefficient (Wildman–Crippen LogP) is 3.18. The van der Waals surface area contributed by atoms with Crippen LogP contribution in [0, 0.1) is 0 Å². The molecule has 1 heterocycles. The van der Waals surface area contributed by atoms with E-state index in [0.29, 0.717) is 0 Å². The maximum atomic E-state index is 12.6. The maximum absolute atomic E-state index is 12.6. The van der Waals surface area contributed by atoms with Crippen LogP contribution in [0.4, 0.5) is 5.69 Å². The van der Waals surface area contributed by atoms with E-state index in [2.05, 4.69) is 0 Å². The zero-order chi connectivity index (χ0) is 14.2. The number of anilines is 1. The van der Waals surface area contributed by atoms with Crippen LogP contribution < -0.4 is 4.90 Å². The van der Waals surface area contributed by atoms with Crippen LogP contribution in [0.15, 0.2) is 60.7 Å². The molecule has 2 atom stereocenters. The fourth-order valence-corrected chi connectivity index (χ4v) is 2.49. The lowest BCUT2D eigenvalue weighted by atomic mass is 10.00. The summed E-state index contributed by atoms with van der Waals surface area (Å²) in [5.41, 5.74) is 1.16. The Bertz CT molecular complexity index is 611. The van der Waals surface area contributed by atoms with Crippen molar-refractivity contribution in [3.63, 3.8) is 0 Å². The first-order chi connectivity index (χ1) is 9.63. The first-order valence-electron chi connectivity index (χ1n) is 6.69. The van der Waals surface area contributed by atoms with E-state index in [9.17, 15) is 4.79 Å². The van der Waals surface area contributed by atoms with Gasteiger partial charge in [0, 0.05) is 12.7 Å². The number of para-hydroxylation sites is 1. The summed E-state index contributed by atoms with van der Waals surface area (Å²) in [5, 5.41) is 0. The lowest BCUT2D eigenvalue weighted by molar-refractivity contribution is -0.122. The SMILES string of the molecule is CN(C(=O)[C@@]1(C)O[C@H]1c1ccccc1)c1ccccc1. The van der Waals surface area contributed by atoms with Gasteiger partial charge in [0.05, 0.1) is 0 Å². The molecule has 20 heavy (non-hydrogen) atoms. The second-order valence-electron chi connectivity index (χ2n) is 5.22. The number of carbonyl (C=O) groups excluding carboxylic acids is 1. The third kappa shape index (κ3) is 2.10. The zero-order valence-electron chi connectivity index (χ0n) is 11.6. The summed E-state index contributed by atoms with van der Waals surface area (Å²) in [5.74, 6) is -0.0162. The highest BCUT2D eigenvalue weighted by Crippen LogP contribution is 2.50. The van der Waals surface area contributed by atoms with Crippen molar-refractivity contribution in [2.75, 3.05) is 11.9 Å². The first-order valence-corrected chi connectivity index (χ1v) is 6.69. The maximum Gasteiger partial charge on any atom is 0.261 e. The van der Waals surface area contributed by atoms with Gasteiger partial charge in [0.1, 0.15) is 6.10 Å². The predicted molar refractivity (Wildman–Crippen MR) is 78.5 cm³/mol. The largest absolute Gasteiger partial charge is 0.351 e. The molecule has 2 aromatic carbocycles. The third-order valence-electron chi connectivity index (χ3n) is 3.78. The number of hydrogen-bond donors (Lipinski definition) is 0. The molecule has 0 saturated carbocycles. The molecule has 1 aliphatic heterocycles. The second kappa shape index (κ2) is 4.76. The van der Waals surface area contributed by atoms with Gasteiger partial charge in [-0.2, -0.15) is 0 Å². The molecule has 1 amide bonds. The van der Waals surface area contributed by atoms with Gasteiger partial charge in [-0.05, 0) is 24.6 Å². The van der Waals surface area contributed by atoms with Gasteiger partial charge in [0.15, 0.2) is 5.60 Å². The molecule has 0 bridgehead atoms. The molecule has 1 fully saturated rings. The number of carbonyl (C=O) groups is 1. The quantitative estimate of drug-likeness (QED) is 0.800. The van der Waals surface area contributed by atoms with Gasteiger partial charge in [0.2, 0.25) is 0 Å². The Hall–Kier alpha value is -2.13. The van der Waals surface area contributed by atoms with Crippen LogP contribution in [-0.4, -0.2) is 18.6 Å². The van der Waals surface area contributed by atoms with Crippen molar-refractivity contribution in [1.82, 2.24) is 0 Å². The fourth-order valence-electron chi connectivity index (χ4n) is 2.49. The number of rotatable bonds is 3. The molecule has 0 aromatic heterocycles. The average Bonchev–Trinajstić information content (AvgIpc) is 3.21. The molecule has 102 valence electrons. The van der Waals surface area contributed by atoms with Gasteiger partial charge < -0.3 is 9.64 Å². The number of epoxide rings is 1. The molecule has 0 radical (unpaired) electrons. The minimum absolute atomic E-state index is 0.0162. The van der Waals surface area contributed by atoms with E-state index in [1.807, 2.05) is 67.6 Å². The molecule has 0 unspecified atom stereocenters. The van der Waals surface area contributed by atoms with Crippen molar-refractivity contribution in [2.45, 2.75) is 18.6 Å². The summed E-state index contributed by atoms with van der Waals surface area (Å²) in [6.07, 6.45) is -0.151. The Morgan fingerprint density at radius 1 is 1.05 bits per heavy atom. The standard InChI is InChI=1S/C17H17NO2/c1-17(15(20-17)13-9-5-3-6-10-13)16(19)18(2)14-11-7-4-8-12-14/h3-12,15H,1-2H3/t15-,17-/m0/s1. The van der Waals surface area contributed by atoms with Crippen LogP contribution in [-0.2, 0) is 9.53 Å². The van der Waals surface area contributed by atoms with Gasteiger partial charge in [-0.1, -0.05) is 48.5 Å². The minimum Gasteiger partial charge on any atom is -0.351 e. The van der Waals surface area contributed by atoms with E-state index in [0.717, 1.165) is 11.3 Å². The molecule has 2 aromatic rings. The van der Waals surface area contributed by atoms with E-state index in [1.54, 1.807) is 11.9 Å². The Kier molecular flexibility index (Phi) is 3.07.